The van der Waals surface area contributed by atoms with Gasteiger partial charge in [-0.15, -0.1) is 0 Å². The molecule has 0 saturated carbocycles. The number of amides is 1. The highest BCUT2D eigenvalue weighted by Crippen LogP contribution is 2.41. The molecule has 0 saturated heterocycles. The first-order chi connectivity index (χ1) is 17.1. The van der Waals surface area contributed by atoms with Gasteiger partial charge < -0.3 is 24.3 Å². The van der Waals surface area contributed by atoms with E-state index in [1.54, 1.807) is 33.8 Å². The summed E-state index contributed by atoms with van der Waals surface area (Å²) in [5.41, 5.74) is 4.64. The summed E-state index contributed by atoms with van der Waals surface area (Å²) in [5, 5.41) is 2.62. The van der Waals surface area contributed by atoms with Gasteiger partial charge in [-0.2, -0.15) is 0 Å². The third kappa shape index (κ3) is 5.25. The summed E-state index contributed by atoms with van der Waals surface area (Å²) >= 11 is 0. The van der Waals surface area contributed by atoms with Crippen molar-refractivity contribution in [1.82, 2.24) is 5.32 Å². The highest BCUT2D eigenvalue weighted by molar-refractivity contribution is 5.79. The molecule has 36 heavy (non-hydrogen) atoms. The normalized spacial score (nSPS) is 12.8. The fourth-order valence-corrected chi connectivity index (χ4v) is 4.32. The molecule has 3 aromatic rings. The SMILES string of the molecule is COc1cc(-c2cccc(-c3ccc4c(c3C)OCCO4)c2)c(C)c(F)c1CNC(=O)OC(C)(C)C. The van der Waals surface area contributed by atoms with Crippen molar-refractivity contribution in [2.45, 2.75) is 46.8 Å². The lowest BCUT2D eigenvalue weighted by molar-refractivity contribution is 0.0523. The standard InChI is InChI=1S/C29H32FNO5/c1-17-22(15-25(33-6)23(26(17)30)16-31-28(32)36-29(3,4)5)20-9-7-8-19(14-20)21-10-11-24-27(18(21)2)35-13-12-34-24/h7-11,14-15H,12-13,16H2,1-6H3,(H,31,32). The Morgan fingerprint density at radius 1 is 1.00 bits per heavy atom. The van der Waals surface area contributed by atoms with Crippen molar-refractivity contribution in [3.8, 4) is 39.5 Å². The summed E-state index contributed by atoms with van der Waals surface area (Å²) in [4.78, 5) is 12.1. The van der Waals surface area contributed by atoms with E-state index < -0.39 is 17.5 Å². The lowest BCUT2D eigenvalue weighted by Crippen LogP contribution is -2.32. The van der Waals surface area contributed by atoms with Crippen molar-refractivity contribution in [3.05, 3.63) is 65.0 Å². The Hall–Kier alpha value is -3.74. The Morgan fingerprint density at radius 3 is 2.39 bits per heavy atom. The van der Waals surface area contributed by atoms with E-state index in [9.17, 15) is 4.79 Å². The third-order valence-electron chi connectivity index (χ3n) is 6.04. The number of halogens is 1. The minimum atomic E-state index is -0.646. The molecular weight excluding hydrogens is 461 g/mol. The first kappa shape index (κ1) is 25.4. The van der Waals surface area contributed by atoms with Crippen molar-refractivity contribution in [3.63, 3.8) is 0 Å². The van der Waals surface area contributed by atoms with Crippen LogP contribution < -0.4 is 19.5 Å². The van der Waals surface area contributed by atoms with Crippen LogP contribution in [0.5, 0.6) is 17.2 Å². The monoisotopic (exact) mass is 493 g/mol. The van der Waals surface area contributed by atoms with Crippen LogP contribution in [0.2, 0.25) is 0 Å². The van der Waals surface area contributed by atoms with E-state index in [2.05, 4.69) is 5.32 Å². The predicted molar refractivity (Wildman–Crippen MR) is 137 cm³/mol. The van der Waals surface area contributed by atoms with E-state index in [0.717, 1.165) is 33.8 Å². The van der Waals surface area contributed by atoms with Crippen LogP contribution in [0, 0.1) is 19.7 Å². The lowest BCUT2D eigenvalue weighted by Gasteiger charge is -2.22. The number of alkyl carbamates (subject to hydrolysis) is 1. The molecule has 1 N–H and O–H groups in total. The van der Waals surface area contributed by atoms with Crippen molar-refractivity contribution < 1.29 is 28.1 Å². The molecule has 1 amide bonds. The van der Waals surface area contributed by atoms with Gasteiger partial charge in [0.25, 0.3) is 0 Å². The summed E-state index contributed by atoms with van der Waals surface area (Å²) in [6.45, 7) is 10.1. The van der Waals surface area contributed by atoms with Gasteiger partial charge in [-0.3, -0.25) is 0 Å². The van der Waals surface area contributed by atoms with Gasteiger partial charge in [0.05, 0.1) is 13.7 Å². The Kier molecular flexibility index (Phi) is 7.11. The Morgan fingerprint density at radius 2 is 1.69 bits per heavy atom. The second-order valence-corrected chi connectivity index (χ2v) is 9.74. The van der Waals surface area contributed by atoms with Gasteiger partial charge in [-0.25, -0.2) is 9.18 Å². The number of hydrogen-bond acceptors (Lipinski definition) is 5. The Bertz CT molecular complexity index is 1300. The zero-order valence-electron chi connectivity index (χ0n) is 21.6. The van der Waals surface area contributed by atoms with Crippen molar-refractivity contribution >= 4 is 6.09 Å². The molecule has 0 aromatic heterocycles. The van der Waals surface area contributed by atoms with Crippen molar-refractivity contribution in [2.24, 2.45) is 0 Å². The zero-order valence-corrected chi connectivity index (χ0v) is 21.6. The number of carbonyl (C=O) groups is 1. The van der Waals surface area contributed by atoms with Crippen molar-refractivity contribution in [1.29, 1.82) is 0 Å². The summed E-state index contributed by atoms with van der Waals surface area (Å²) < 4.78 is 37.9. The molecule has 0 atom stereocenters. The molecule has 1 aliphatic heterocycles. The average Bonchev–Trinajstić information content (AvgIpc) is 2.84. The molecule has 3 aromatic carbocycles. The number of ether oxygens (including phenoxy) is 4. The number of rotatable bonds is 5. The summed E-state index contributed by atoms with van der Waals surface area (Å²) in [7, 11) is 1.49. The topological polar surface area (TPSA) is 66.0 Å². The Labute approximate surface area is 211 Å². The molecule has 1 heterocycles. The minimum absolute atomic E-state index is 0.0541. The zero-order chi connectivity index (χ0) is 26.0. The maximum absolute atomic E-state index is 15.6. The van der Waals surface area contributed by atoms with Gasteiger partial charge >= 0.3 is 6.09 Å². The molecule has 0 spiro atoms. The van der Waals surface area contributed by atoms with Gasteiger partial charge in [0.1, 0.15) is 30.4 Å². The van der Waals surface area contributed by atoms with E-state index in [-0.39, 0.29) is 12.1 Å². The summed E-state index contributed by atoms with van der Waals surface area (Å²) in [6.07, 6.45) is -0.617. The van der Waals surface area contributed by atoms with Gasteiger partial charge in [-0.05, 0) is 80.6 Å². The lowest BCUT2D eigenvalue weighted by atomic mass is 9.92. The van der Waals surface area contributed by atoms with Crippen LogP contribution in [0.3, 0.4) is 0 Å². The quantitative estimate of drug-likeness (QED) is 0.435. The minimum Gasteiger partial charge on any atom is -0.496 e. The maximum atomic E-state index is 15.6. The first-order valence-corrected chi connectivity index (χ1v) is 11.9. The molecule has 0 fully saturated rings. The number of fused-ring (bicyclic) bond motifs is 1. The molecular formula is C29H32FNO5. The van der Waals surface area contributed by atoms with Crippen LogP contribution in [0.15, 0.2) is 42.5 Å². The van der Waals surface area contributed by atoms with Crippen LogP contribution in [0.4, 0.5) is 9.18 Å². The van der Waals surface area contributed by atoms with Crippen molar-refractivity contribution in [2.75, 3.05) is 20.3 Å². The second-order valence-electron chi connectivity index (χ2n) is 9.74. The van der Waals surface area contributed by atoms with Crippen LogP contribution in [-0.2, 0) is 11.3 Å². The number of carbonyl (C=O) groups excluding carboxylic acids is 1. The molecule has 0 aliphatic carbocycles. The Balaban J connectivity index is 1.67. The van der Waals surface area contributed by atoms with Crippen LogP contribution in [0.25, 0.3) is 22.3 Å². The molecule has 0 radical (unpaired) electrons. The summed E-state index contributed by atoms with van der Waals surface area (Å²) in [5.74, 6) is 1.43. The number of nitrogens with one attached hydrogen (secondary N) is 1. The predicted octanol–water partition coefficient (Wildman–Crippen LogP) is 6.58. The van der Waals surface area contributed by atoms with E-state index >= 15 is 4.39 Å². The first-order valence-electron chi connectivity index (χ1n) is 11.9. The maximum Gasteiger partial charge on any atom is 0.407 e. The second kappa shape index (κ2) is 10.1. The van der Waals surface area contributed by atoms with Crippen LogP contribution in [0.1, 0.15) is 37.5 Å². The van der Waals surface area contributed by atoms with Gasteiger partial charge in [-0.1, -0.05) is 24.3 Å². The molecule has 6 nitrogen and oxygen atoms in total. The smallest absolute Gasteiger partial charge is 0.407 e. The van der Waals surface area contributed by atoms with Crippen LogP contribution >= 0.6 is 0 Å². The molecule has 1 aliphatic rings. The van der Waals surface area contributed by atoms with E-state index in [1.165, 1.54) is 7.11 Å². The average molecular weight is 494 g/mol. The molecule has 0 bridgehead atoms. The highest BCUT2D eigenvalue weighted by atomic mass is 19.1. The van der Waals surface area contributed by atoms with Gasteiger partial charge in [0.15, 0.2) is 11.5 Å². The number of methoxy groups -OCH3 is 1. The highest BCUT2D eigenvalue weighted by Gasteiger charge is 2.21. The van der Waals surface area contributed by atoms with Gasteiger partial charge in [0, 0.05) is 11.1 Å². The number of benzene rings is 3. The largest absolute Gasteiger partial charge is 0.496 e. The van der Waals surface area contributed by atoms with E-state index in [4.69, 9.17) is 18.9 Å². The fourth-order valence-electron chi connectivity index (χ4n) is 4.32. The summed E-state index contributed by atoms with van der Waals surface area (Å²) in [6, 6.07) is 13.7. The van der Waals surface area contributed by atoms with Crippen LogP contribution in [-0.4, -0.2) is 32.0 Å². The molecule has 4 rings (SSSR count). The molecule has 0 unspecified atom stereocenters. The van der Waals surface area contributed by atoms with E-state index in [0.29, 0.717) is 30.1 Å². The fraction of sp³-hybridized carbons (Fsp3) is 0.345. The number of hydrogen-bond donors (Lipinski definition) is 1. The van der Waals surface area contributed by atoms with E-state index in [1.807, 2.05) is 43.3 Å². The third-order valence-corrected chi connectivity index (χ3v) is 6.04. The molecule has 7 heteroatoms. The molecule has 190 valence electrons. The van der Waals surface area contributed by atoms with Gasteiger partial charge in [0.2, 0.25) is 0 Å².